The van der Waals surface area contributed by atoms with Gasteiger partial charge in [0.2, 0.25) is 10.0 Å². The van der Waals surface area contributed by atoms with Crippen molar-refractivity contribution in [3.05, 3.63) is 0 Å². The number of rotatable bonds is 9. The summed E-state index contributed by atoms with van der Waals surface area (Å²) in [4.78, 5) is 10.3. The molecule has 0 fully saturated rings. The second-order valence-electron chi connectivity index (χ2n) is 4.44. The number of halogens is 3. The minimum Gasteiger partial charge on any atom is -0.481 e. The van der Waals surface area contributed by atoms with Crippen molar-refractivity contribution in [2.24, 2.45) is 0 Å². The number of carboxylic acids is 1. The molecule has 0 saturated heterocycles. The van der Waals surface area contributed by atoms with Gasteiger partial charge in [0.05, 0.1) is 5.75 Å². The molecule has 0 saturated carbocycles. The average Bonchev–Trinajstić information content (AvgIpc) is 2.26. The van der Waals surface area contributed by atoms with Crippen LogP contribution in [0, 0.1) is 0 Å². The summed E-state index contributed by atoms with van der Waals surface area (Å²) in [6.45, 7) is 1.70. The molecule has 0 amide bonds. The number of nitrogens with zero attached hydrogens (tertiary/aromatic N) is 1. The molecule has 0 atom stereocenters. The number of aliphatic carboxylic acids is 1. The van der Waals surface area contributed by atoms with Gasteiger partial charge in [0.15, 0.2) is 0 Å². The van der Waals surface area contributed by atoms with Gasteiger partial charge in [-0.05, 0) is 19.3 Å². The van der Waals surface area contributed by atoms with Gasteiger partial charge in [0.25, 0.3) is 0 Å². The van der Waals surface area contributed by atoms with Crippen molar-refractivity contribution in [3.63, 3.8) is 0 Å². The molecule has 0 aromatic rings. The van der Waals surface area contributed by atoms with E-state index in [0.29, 0.717) is 4.31 Å². The van der Waals surface area contributed by atoms with Gasteiger partial charge in [-0.15, -0.1) is 0 Å². The number of sulfonamides is 1. The highest BCUT2D eigenvalue weighted by Crippen LogP contribution is 2.23. The monoisotopic (exact) mass is 319 g/mol. The maximum atomic E-state index is 12.5. The van der Waals surface area contributed by atoms with Crippen LogP contribution in [0.3, 0.4) is 0 Å². The summed E-state index contributed by atoms with van der Waals surface area (Å²) in [5, 5.41) is 8.45. The zero-order valence-corrected chi connectivity index (χ0v) is 12.3. The standard InChI is InChI=1S/C11H20F3NO4S/c1-3-9(4-2)15(8-11(12,13)14)20(18,19)7-5-6-10(16)17/h9H,3-8H2,1-2H3,(H,16,17). The Kier molecular flexibility index (Phi) is 7.50. The molecule has 0 aliphatic rings. The summed E-state index contributed by atoms with van der Waals surface area (Å²) < 4.78 is 62.0. The van der Waals surface area contributed by atoms with Gasteiger partial charge in [0, 0.05) is 12.5 Å². The first-order valence-electron chi connectivity index (χ1n) is 6.31. The first-order chi connectivity index (χ1) is 9.03. The van der Waals surface area contributed by atoms with E-state index >= 15 is 0 Å². The number of hydrogen-bond acceptors (Lipinski definition) is 3. The minimum absolute atomic E-state index is 0.202. The van der Waals surface area contributed by atoms with E-state index in [4.69, 9.17) is 5.11 Å². The third-order valence-electron chi connectivity index (χ3n) is 2.84. The first kappa shape index (κ1) is 19.2. The van der Waals surface area contributed by atoms with Crippen LogP contribution in [0.4, 0.5) is 13.2 Å². The Morgan fingerprint density at radius 2 is 1.75 bits per heavy atom. The van der Waals surface area contributed by atoms with Gasteiger partial charge in [-0.25, -0.2) is 8.42 Å². The second-order valence-corrected chi connectivity index (χ2v) is 6.49. The van der Waals surface area contributed by atoms with Crippen molar-refractivity contribution in [1.29, 1.82) is 0 Å². The van der Waals surface area contributed by atoms with Crippen LogP contribution in [0.25, 0.3) is 0 Å². The molecule has 5 nitrogen and oxygen atoms in total. The highest BCUT2D eigenvalue weighted by Gasteiger charge is 2.38. The summed E-state index contributed by atoms with van der Waals surface area (Å²) >= 11 is 0. The number of carboxylic acid groups (broad SMARTS) is 1. The molecule has 120 valence electrons. The van der Waals surface area contributed by atoms with E-state index in [9.17, 15) is 26.4 Å². The fraction of sp³-hybridized carbons (Fsp3) is 0.909. The van der Waals surface area contributed by atoms with E-state index in [2.05, 4.69) is 0 Å². The van der Waals surface area contributed by atoms with Crippen molar-refractivity contribution in [1.82, 2.24) is 4.31 Å². The van der Waals surface area contributed by atoms with Crippen LogP contribution in [0.1, 0.15) is 39.5 Å². The summed E-state index contributed by atoms with van der Waals surface area (Å²) in [6.07, 6.45) is -4.67. The molecule has 0 aliphatic heterocycles. The Bertz CT molecular complexity index is 404. The van der Waals surface area contributed by atoms with Crippen molar-refractivity contribution >= 4 is 16.0 Å². The molecular formula is C11H20F3NO4S. The number of carbonyl (C=O) groups is 1. The van der Waals surface area contributed by atoms with Crippen molar-refractivity contribution in [3.8, 4) is 0 Å². The summed E-state index contributed by atoms with van der Waals surface area (Å²) in [5.74, 6) is -1.77. The molecule has 0 bridgehead atoms. The van der Waals surface area contributed by atoms with Crippen LogP contribution < -0.4 is 0 Å². The first-order valence-corrected chi connectivity index (χ1v) is 7.92. The third-order valence-corrected chi connectivity index (χ3v) is 4.78. The normalized spacial score (nSPS) is 13.2. The number of alkyl halides is 3. The SMILES string of the molecule is CCC(CC)N(CC(F)(F)F)S(=O)(=O)CCCC(=O)O. The van der Waals surface area contributed by atoms with Crippen LogP contribution in [-0.2, 0) is 14.8 Å². The van der Waals surface area contributed by atoms with E-state index in [0.717, 1.165) is 0 Å². The van der Waals surface area contributed by atoms with Crippen molar-refractivity contribution in [2.45, 2.75) is 51.7 Å². The second kappa shape index (κ2) is 7.82. The fourth-order valence-corrected chi connectivity index (χ4v) is 3.69. The molecule has 9 heteroatoms. The number of hydrogen-bond donors (Lipinski definition) is 1. The zero-order valence-electron chi connectivity index (χ0n) is 11.5. The topological polar surface area (TPSA) is 74.7 Å². The van der Waals surface area contributed by atoms with E-state index in [-0.39, 0.29) is 25.7 Å². The molecule has 0 heterocycles. The molecule has 20 heavy (non-hydrogen) atoms. The van der Waals surface area contributed by atoms with Crippen LogP contribution in [0.15, 0.2) is 0 Å². The van der Waals surface area contributed by atoms with Crippen molar-refractivity contribution in [2.75, 3.05) is 12.3 Å². The Labute approximate surface area is 116 Å². The van der Waals surface area contributed by atoms with E-state index in [1.54, 1.807) is 13.8 Å². The van der Waals surface area contributed by atoms with Crippen LogP contribution in [-0.4, -0.2) is 48.3 Å². The van der Waals surface area contributed by atoms with Gasteiger partial charge >= 0.3 is 12.1 Å². The highest BCUT2D eigenvalue weighted by atomic mass is 32.2. The van der Waals surface area contributed by atoms with E-state index in [1.807, 2.05) is 0 Å². The maximum Gasteiger partial charge on any atom is 0.402 e. The lowest BCUT2D eigenvalue weighted by Gasteiger charge is -2.30. The predicted octanol–water partition coefficient (Wildman–Crippen LogP) is 2.23. The Morgan fingerprint density at radius 3 is 2.10 bits per heavy atom. The lowest BCUT2D eigenvalue weighted by atomic mass is 10.2. The third kappa shape index (κ3) is 7.09. The Morgan fingerprint density at radius 1 is 1.25 bits per heavy atom. The molecule has 0 aromatic carbocycles. The molecule has 0 spiro atoms. The van der Waals surface area contributed by atoms with Gasteiger partial charge in [0.1, 0.15) is 6.54 Å². The van der Waals surface area contributed by atoms with Crippen LogP contribution in [0.2, 0.25) is 0 Å². The van der Waals surface area contributed by atoms with Crippen molar-refractivity contribution < 1.29 is 31.5 Å². The molecule has 0 rings (SSSR count). The molecule has 0 radical (unpaired) electrons. The fourth-order valence-electron chi connectivity index (χ4n) is 1.85. The van der Waals surface area contributed by atoms with Gasteiger partial charge < -0.3 is 5.11 Å². The largest absolute Gasteiger partial charge is 0.481 e. The van der Waals surface area contributed by atoms with E-state index in [1.165, 1.54) is 0 Å². The van der Waals surface area contributed by atoms with Crippen LogP contribution in [0.5, 0.6) is 0 Å². The maximum absolute atomic E-state index is 12.5. The van der Waals surface area contributed by atoms with Crippen LogP contribution >= 0.6 is 0 Å². The van der Waals surface area contributed by atoms with Gasteiger partial charge in [-0.1, -0.05) is 13.8 Å². The lowest BCUT2D eigenvalue weighted by Crippen LogP contribution is -2.46. The molecule has 1 N–H and O–H groups in total. The lowest BCUT2D eigenvalue weighted by molar-refractivity contribution is -0.140. The Hall–Kier alpha value is -0.830. The van der Waals surface area contributed by atoms with E-state index < -0.39 is 40.5 Å². The average molecular weight is 319 g/mol. The minimum atomic E-state index is -4.62. The predicted molar refractivity (Wildman–Crippen MR) is 67.8 cm³/mol. The summed E-state index contributed by atoms with van der Waals surface area (Å²) in [6, 6.07) is -0.730. The molecular weight excluding hydrogens is 299 g/mol. The summed E-state index contributed by atoms with van der Waals surface area (Å²) in [5.41, 5.74) is 0. The zero-order chi connectivity index (χ0) is 16.0. The quantitative estimate of drug-likeness (QED) is 0.707. The van der Waals surface area contributed by atoms with Gasteiger partial charge in [-0.2, -0.15) is 17.5 Å². The Balaban J connectivity index is 5.03. The molecule has 0 aromatic heterocycles. The summed E-state index contributed by atoms with van der Waals surface area (Å²) in [7, 11) is -4.12. The highest BCUT2D eigenvalue weighted by molar-refractivity contribution is 7.89. The van der Waals surface area contributed by atoms with Gasteiger partial charge in [-0.3, -0.25) is 4.79 Å². The smallest absolute Gasteiger partial charge is 0.402 e. The molecule has 0 unspecified atom stereocenters. The molecule has 0 aliphatic carbocycles.